The molecule has 1 aromatic carbocycles. The summed E-state index contributed by atoms with van der Waals surface area (Å²) in [6.07, 6.45) is 4.19. The summed E-state index contributed by atoms with van der Waals surface area (Å²) in [5.41, 5.74) is 2.42. The lowest BCUT2D eigenvalue weighted by atomic mass is 10.1. The maximum Gasteiger partial charge on any atom is 0.223 e. The zero-order chi connectivity index (χ0) is 11.4. The van der Waals surface area contributed by atoms with Crippen LogP contribution in [0, 0.1) is 5.92 Å². The maximum atomic E-state index is 11.4. The van der Waals surface area contributed by atoms with Gasteiger partial charge in [0, 0.05) is 12.5 Å². The zero-order valence-electron chi connectivity index (χ0n) is 9.57. The summed E-state index contributed by atoms with van der Waals surface area (Å²) >= 11 is 0. The van der Waals surface area contributed by atoms with Crippen LogP contribution in [0.1, 0.15) is 25.3 Å². The van der Waals surface area contributed by atoms with E-state index in [2.05, 4.69) is 30.4 Å². The summed E-state index contributed by atoms with van der Waals surface area (Å²) in [4.78, 5) is 11.4. The van der Waals surface area contributed by atoms with Crippen molar-refractivity contribution in [3.8, 4) is 0 Å². The van der Waals surface area contributed by atoms with Crippen molar-refractivity contribution < 1.29 is 4.79 Å². The fraction of sp³-hybridized carbons (Fsp3) is 0.357. The van der Waals surface area contributed by atoms with Gasteiger partial charge >= 0.3 is 0 Å². The van der Waals surface area contributed by atoms with E-state index in [0.717, 1.165) is 12.8 Å². The number of amides is 1. The van der Waals surface area contributed by atoms with Gasteiger partial charge in [-0.3, -0.25) is 4.79 Å². The van der Waals surface area contributed by atoms with Gasteiger partial charge in [-0.2, -0.15) is 0 Å². The molecule has 0 spiro atoms. The number of carbonyl (C=O) groups is 1. The SMILES string of the molecule is C/C(=C/CNC(=O)C1CC1)c1ccccc1. The lowest BCUT2D eigenvalue weighted by molar-refractivity contribution is -0.122. The van der Waals surface area contributed by atoms with E-state index in [4.69, 9.17) is 0 Å². The highest BCUT2D eigenvalue weighted by molar-refractivity contribution is 5.81. The molecule has 0 bridgehead atoms. The standard InChI is InChI=1S/C14H17NO/c1-11(12-5-3-2-4-6-12)9-10-15-14(16)13-7-8-13/h2-6,9,13H,7-8,10H2,1H3,(H,15,16)/b11-9-. The van der Waals surface area contributed by atoms with Crippen LogP contribution in [0.25, 0.3) is 5.57 Å². The van der Waals surface area contributed by atoms with Crippen molar-refractivity contribution in [1.29, 1.82) is 0 Å². The van der Waals surface area contributed by atoms with Crippen LogP contribution in [-0.2, 0) is 4.79 Å². The highest BCUT2D eigenvalue weighted by atomic mass is 16.2. The van der Waals surface area contributed by atoms with E-state index in [1.807, 2.05) is 18.2 Å². The summed E-state index contributed by atoms with van der Waals surface area (Å²) < 4.78 is 0. The molecule has 0 heterocycles. The first-order chi connectivity index (χ1) is 7.77. The minimum atomic E-state index is 0.206. The predicted octanol–water partition coefficient (Wildman–Crippen LogP) is 2.62. The van der Waals surface area contributed by atoms with Gasteiger partial charge in [0.2, 0.25) is 5.91 Å². The normalized spacial score (nSPS) is 15.9. The van der Waals surface area contributed by atoms with Crippen LogP contribution in [0.4, 0.5) is 0 Å². The van der Waals surface area contributed by atoms with E-state index in [1.165, 1.54) is 11.1 Å². The Labute approximate surface area is 96.4 Å². The average molecular weight is 215 g/mol. The Hall–Kier alpha value is -1.57. The minimum absolute atomic E-state index is 0.206. The second-order valence-corrected chi connectivity index (χ2v) is 4.27. The molecular weight excluding hydrogens is 198 g/mol. The fourth-order valence-electron chi connectivity index (χ4n) is 1.61. The van der Waals surface area contributed by atoms with Crippen molar-refractivity contribution in [1.82, 2.24) is 5.32 Å². The topological polar surface area (TPSA) is 29.1 Å². The summed E-state index contributed by atoms with van der Waals surface area (Å²) in [6, 6.07) is 10.2. The third kappa shape index (κ3) is 2.96. The highest BCUT2D eigenvalue weighted by Gasteiger charge is 2.28. The Morgan fingerprint density at radius 3 is 2.69 bits per heavy atom. The summed E-state index contributed by atoms with van der Waals surface area (Å²) in [6.45, 7) is 2.70. The smallest absolute Gasteiger partial charge is 0.223 e. The second-order valence-electron chi connectivity index (χ2n) is 4.27. The molecule has 1 aliphatic carbocycles. The van der Waals surface area contributed by atoms with Gasteiger partial charge in [0.15, 0.2) is 0 Å². The van der Waals surface area contributed by atoms with Crippen LogP contribution in [-0.4, -0.2) is 12.5 Å². The predicted molar refractivity (Wildman–Crippen MR) is 65.8 cm³/mol. The van der Waals surface area contributed by atoms with Crippen LogP contribution in [0.3, 0.4) is 0 Å². The first kappa shape index (κ1) is 10.9. The first-order valence-corrected chi connectivity index (χ1v) is 5.77. The lowest BCUT2D eigenvalue weighted by Crippen LogP contribution is -2.24. The largest absolute Gasteiger partial charge is 0.352 e. The third-order valence-corrected chi connectivity index (χ3v) is 2.86. The van der Waals surface area contributed by atoms with Gasteiger partial charge in [-0.05, 0) is 30.9 Å². The molecule has 2 rings (SSSR count). The molecule has 0 aromatic heterocycles. The molecule has 0 atom stereocenters. The van der Waals surface area contributed by atoms with Gasteiger partial charge in [-0.1, -0.05) is 36.4 Å². The van der Waals surface area contributed by atoms with Crippen molar-refractivity contribution in [3.63, 3.8) is 0 Å². The Morgan fingerprint density at radius 1 is 1.38 bits per heavy atom. The maximum absolute atomic E-state index is 11.4. The molecule has 84 valence electrons. The number of rotatable bonds is 4. The first-order valence-electron chi connectivity index (χ1n) is 5.77. The number of allylic oxidation sites excluding steroid dienone is 1. The highest BCUT2D eigenvalue weighted by Crippen LogP contribution is 2.28. The summed E-state index contributed by atoms with van der Waals surface area (Å²) in [7, 11) is 0. The van der Waals surface area contributed by atoms with E-state index in [0.29, 0.717) is 12.5 Å². The van der Waals surface area contributed by atoms with Crippen molar-refractivity contribution >= 4 is 11.5 Å². The van der Waals surface area contributed by atoms with E-state index in [-0.39, 0.29) is 5.91 Å². The van der Waals surface area contributed by atoms with Gasteiger partial charge in [-0.25, -0.2) is 0 Å². The monoisotopic (exact) mass is 215 g/mol. The quantitative estimate of drug-likeness (QED) is 0.822. The van der Waals surface area contributed by atoms with Crippen LogP contribution in [0.15, 0.2) is 36.4 Å². The lowest BCUT2D eigenvalue weighted by Gasteiger charge is -2.03. The number of hydrogen-bond acceptors (Lipinski definition) is 1. The van der Waals surface area contributed by atoms with Crippen molar-refractivity contribution in [2.45, 2.75) is 19.8 Å². The van der Waals surface area contributed by atoms with Crippen LogP contribution >= 0.6 is 0 Å². The van der Waals surface area contributed by atoms with Gasteiger partial charge in [-0.15, -0.1) is 0 Å². The molecule has 16 heavy (non-hydrogen) atoms. The number of hydrogen-bond donors (Lipinski definition) is 1. The Balaban J connectivity index is 1.84. The molecule has 0 saturated heterocycles. The summed E-state index contributed by atoms with van der Waals surface area (Å²) in [5.74, 6) is 0.502. The Morgan fingerprint density at radius 2 is 2.06 bits per heavy atom. The third-order valence-electron chi connectivity index (χ3n) is 2.86. The van der Waals surface area contributed by atoms with E-state index in [1.54, 1.807) is 0 Å². The van der Waals surface area contributed by atoms with Crippen LogP contribution in [0.2, 0.25) is 0 Å². The van der Waals surface area contributed by atoms with Crippen molar-refractivity contribution in [2.75, 3.05) is 6.54 Å². The van der Waals surface area contributed by atoms with E-state index >= 15 is 0 Å². The van der Waals surface area contributed by atoms with Gasteiger partial charge in [0.05, 0.1) is 0 Å². The molecule has 1 aromatic rings. The van der Waals surface area contributed by atoms with E-state index < -0.39 is 0 Å². The van der Waals surface area contributed by atoms with Crippen molar-refractivity contribution in [2.24, 2.45) is 5.92 Å². The minimum Gasteiger partial charge on any atom is -0.352 e. The molecule has 1 aliphatic rings. The average Bonchev–Trinajstić information content (AvgIpc) is 3.14. The van der Waals surface area contributed by atoms with E-state index in [9.17, 15) is 4.79 Å². The zero-order valence-corrected chi connectivity index (χ0v) is 9.57. The summed E-state index contributed by atoms with van der Waals surface area (Å²) in [5, 5.41) is 2.93. The molecule has 2 nitrogen and oxygen atoms in total. The molecule has 1 saturated carbocycles. The molecular formula is C14H17NO. The number of benzene rings is 1. The molecule has 1 N–H and O–H groups in total. The van der Waals surface area contributed by atoms with Gasteiger partial charge in [0.1, 0.15) is 0 Å². The Bertz CT molecular complexity index is 390. The molecule has 1 fully saturated rings. The fourth-order valence-corrected chi connectivity index (χ4v) is 1.61. The van der Waals surface area contributed by atoms with Crippen molar-refractivity contribution in [3.05, 3.63) is 42.0 Å². The molecule has 0 aliphatic heterocycles. The van der Waals surface area contributed by atoms with Gasteiger partial charge < -0.3 is 5.32 Å². The molecule has 1 amide bonds. The van der Waals surface area contributed by atoms with Crippen LogP contribution in [0.5, 0.6) is 0 Å². The Kier molecular flexibility index (Phi) is 3.40. The second kappa shape index (κ2) is 4.97. The number of carbonyl (C=O) groups excluding carboxylic acids is 1. The molecule has 0 radical (unpaired) electrons. The number of nitrogens with one attached hydrogen (secondary N) is 1. The van der Waals surface area contributed by atoms with Crippen LogP contribution < -0.4 is 5.32 Å². The van der Waals surface area contributed by atoms with Gasteiger partial charge in [0.25, 0.3) is 0 Å². The molecule has 2 heteroatoms. The molecule has 0 unspecified atom stereocenters.